The van der Waals surface area contributed by atoms with Gasteiger partial charge in [-0.2, -0.15) is 0 Å². The van der Waals surface area contributed by atoms with Crippen LogP contribution >= 0.6 is 0 Å². The molecule has 1 N–H and O–H groups in total. The molecule has 1 aliphatic rings. The van der Waals surface area contributed by atoms with Crippen molar-refractivity contribution < 1.29 is 9.90 Å². The highest BCUT2D eigenvalue weighted by Crippen LogP contribution is 2.27. The van der Waals surface area contributed by atoms with Gasteiger partial charge in [-0.05, 0) is 12.8 Å². The first-order chi connectivity index (χ1) is 7.81. The van der Waals surface area contributed by atoms with Gasteiger partial charge in [-0.15, -0.1) is 5.10 Å². The molecule has 0 aromatic carbocycles. The van der Waals surface area contributed by atoms with Crippen molar-refractivity contribution in [3.05, 3.63) is 12.4 Å². The van der Waals surface area contributed by atoms with Crippen molar-refractivity contribution in [2.75, 3.05) is 13.2 Å². The van der Waals surface area contributed by atoms with Crippen LogP contribution in [0.5, 0.6) is 0 Å². The topological polar surface area (TPSA) is 71.2 Å². The van der Waals surface area contributed by atoms with Crippen LogP contribution in [0.4, 0.5) is 0 Å². The summed E-state index contributed by atoms with van der Waals surface area (Å²) in [6.07, 6.45) is 5.88. The van der Waals surface area contributed by atoms with E-state index in [1.54, 1.807) is 22.0 Å². The molecular formula is C10H16N4O2. The number of hydrogen-bond donors (Lipinski definition) is 1. The van der Waals surface area contributed by atoms with Gasteiger partial charge in [0.2, 0.25) is 5.91 Å². The first-order valence-corrected chi connectivity index (χ1v) is 5.55. The predicted octanol–water partition coefficient (Wildman–Crippen LogP) is -0.349. The lowest BCUT2D eigenvalue weighted by Gasteiger charge is -2.21. The maximum atomic E-state index is 11.9. The molecule has 1 aromatic heterocycles. The predicted molar refractivity (Wildman–Crippen MR) is 56.5 cm³/mol. The van der Waals surface area contributed by atoms with Crippen molar-refractivity contribution in [1.82, 2.24) is 19.9 Å². The molecule has 0 radical (unpaired) electrons. The molecule has 0 unspecified atom stereocenters. The highest BCUT2D eigenvalue weighted by Gasteiger charge is 2.31. The average molecular weight is 224 g/mol. The minimum atomic E-state index is 0.0333. The second-order valence-corrected chi connectivity index (χ2v) is 3.96. The van der Waals surface area contributed by atoms with Crippen molar-refractivity contribution in [3.63, 3.8) is 0 Å². The standard InChI is InChI=1S/C10H16N4O2/c15-8-7-14(9-1-2-9)10(16)3-5-13-6-4-11-12-13/h4,6,9,15H,1-3,5,7-8H2. The summed E-state index contributed by atoms with van der Waals surface area (Å²) in [6, 6.07) is 0.357. The van der Waals surface area contributed by atoms with Crippen LogP contribution in [0.3, 0.4) is 0 Å². The molecule has 1 saturated carbocycles. The fourth-order valence-corrected chi connectivity index (χ4v) is 1.71. The summed E-state index contributed by atoms with van der Waals surface area (Å²) in [5.74, 6) is 0.0899. The maximum absolute atomic E-state index is 11.9. The van der Waals surface area contributed by atoms with Gasteiger partial charge < -0.3 is 10.0 Å². The molecule has 88 valence electrons. The number of carbonyl (C=O) groups is 1. The number of aryl methyl sites for hydroxylation is 1. The fraction of sp³-hybridized carbons (Fsp3) is 0.700. The highest BCUT2D eigenvalue weighted by atomic mass is 16.3. The number of aromatic nitrogens is 3. The molecular weight excluding hydrogens is 208 g/mol. The van der Waals surface area contributed by atoms with Gasteiger partial charge in [-0.25, -0.2) is 0 Å². The first-order valence-electron chi connectivity index (χ1n) is 5.55. The summed E-state index contributed by atoms with van der Waals surface area (Å²) < 4.78 is 1.64. The van der Waals surface area contributed by atoms with Crippen LogP contribution in [0.25, 0.3) is 0 Å². The van der Waals surface area contributed by atoms with Crippen LogP contribution in [0, 0.1) is 0 Å². The molecule has 6 nitrogen and oxygen atoms in total. The van der Waals surface area contributed by atoms with E-state index in [-0.39, 0.29) is 12.5 Å². The van der Waals surface area contributed by atoms with Gasteiger partial charge in [0.1, 0.15) is 0 Å². The summed E-state index contributed by atoms with van der Waals surface area (Å²) in [5, 5.41) is 16.4. The van der Waals surface area contributed by atoms with E-state index in [0.717, 1.165) is 12.8 Å². The van der Waals surface area contributed by atoms with Gasteiger partial charge in [0, 0.05) is 25.2 Å². The smallest absolute Gasteiger partial charge is 0.224 e. The summed E-state index contributed by atoms with van der Waals surface area (Å²) in [7, 11) is 0. The molecule has 0 bridgehead atoms. The molecule has 0 saturated heterocycles. The van der Waals surface area contributed by atoms with Gasteiger partial charge >= 0.3 is 0 Å². The Hall–Kier alpha value is -1.43. The summed E-state index contributed by atoms with van der Waals surface area (Å²) >= 11 is 0. The Morgan fingerprint density at radius 1 is 1.56 bits per heavy atom. The third kappa shape index (κ3) is 2.79. The molecule has 1 heterocycles. The maximum Gasteiger partial charge on any atom is 0.224 e. The lowest BCUT2D eigenvalue weighted by atomic mass is 10.3. The molecule has 1 aromatic rings. The Kier molecular flexibility index (Phi) is 3.51. The Balaban J connectivity index is 1.81. The number of amides is 1. The zero-order chi connectivity index (χ0) is 11.4. The molecule has 1 amide bonds. The average Bonchev–Trinajstić information content (AvgIpc) is 2.99. The normalized spacial score (nSPS) is 15.1. The Morgan fingerprint density at radius 2 is 2.38 bits per heavy atom. The summed E-state index contributed by atoms with van der Waals surface area (Å²) in [4.78, 5) is 13.6. The molecule has 0 spiro atoms. The van der Waals surface area contributed by atoms with Crippen LogP contribution in [-0.2, 0) is 11.3 Å². The van der Waals surface area contributed by atoms with E-state index >= 15 is 0 Å². The first kappa shape index (κ1) is 11.1. The second-order valence-electron chi connectivity index (χ2n) is 3.96. The second kappa shape index (κ2) is 5.07. The molecule has 1 aliphatic carbocycles. The van der Waals surface area contributed by atoms with Crippen molar-refractivity contribution in [1.29, 1.82) is 0 Å². The van der Waals surface area contributed by atoms with Gasteiger partial charge in [0.05, 0.1) is 19.3 Å². The molecule has 16 heavy (non-hydrogen) atoms. The fourth-order valence-electron chi connectivity index (χ4n) is 1.71. The van der Waals surface area contributed by atoms with Crippen LogP contribution in [0.2, 0.25) is 0 Å². The van der Waals surface area contributed by atoms with E-state index in [4.69, 9.17) is 5.11 Å². The number of hydrogen-bond acceptors (Lipinski definition) is 4. The number of nitrogens with zero attached hydrogens (tertiary/aromatic N) is 4. The molecule has 6 heteroatoms. The SMILES string of the molecule is O=C(CCn1ccnn1)N(CCO)C1CC1. The van der Waals surface area contributed by atoms with Crippen LogP contribution in [0.15, 0.2) is 12.4 Å². The molecule has 2 rings (SSSR count). The Morgan fingerprint density at radius 3 is 2.94 bits per heavy atom. The monoisotopic (exact) mass is 224 g/mol. The summed E-state index contributed by atoms with van der Waals surface area (Å²) in [5.41, 5.74) is 0. The lowest BCUT2D eigenvalue weighted by Crippen LogP contribution is -2.35. The number of rotatable bonds is 6. The number of carbonyl (C=O) groups excluding carboxylic acids is 1. The van der Waals surface area contributed by atoms with E-state index < -0.39 is 0 Å². The zero-order valence-corrected chi connectivity index (χ0v) is 9.12. The molecule has 0 atom stereocenters. The van der Waals surface area contributed by atoms with Gasteiger partial charge in [0.25, 0.3) is 0 Å². The highest BCUT2D eigenvalue weighted by molar-refractivity contribution is 5.76. The molecule has 1 fully saturated rings. The summed E-state index contributed by atoms with van der Waals surface area (Å²) in [6.45, 7) is 1.03. The minimum absolute atomic E-state index is 0.0333. The van der Waals surface area contributed by atoms with E-state index in [1.165, 1.54) is 0 Å². The van der Waals surface area contributed by atoms with E-state index in [9.17, 15) is 4.79 Å². The minimum Gasteiger partial charge on any atom is -0.395 e. The van der Waals surface area contributed by atoms with Crippen LogP contribution in [0.1, 0.15) is 19.3 Å². The zero-order valence-electron chi connectivity index (χ0n) is 9.12. The Bertz CT molecular complexity index is 335. The van der Waals surface area contributed by atoms with Gasteiger partial charge in [-0.3, -0.25) is 9.48 Å². The van der Waals surface area contributed by atoms with E-state index in [2.05, 4.69) is 10.3 Å². The largest absolute Gasteiger partial charge is 0.395 e. The van der Waals surface area contributed by atoms with E-state index in [0.29, 0.717) is 25.6 Å². The number of aliphatic hydroxyl groups excluding tert-OH is 1. The van der Waals surface area contributed by atoms with Crippen molar-refractivity contribution in [3.8, 4) is 0 Å². The number of aliphatic hydroxyl groups is 1. The van der Waals surface area contributed by atoms with Gasteiger partial charge in [-0.1, -0.05) is 5.21 Å². The van der Waals surface area contributed by atoms with Crippen molar-refractivity contribution in [2.45, 2.75) is 31.8 Å². The Labute approximate surface area is 93.9 Å². The van der Waals surface area contributed by atoms with E-state index in [1.807, 2.05) is 0 Å². The van der Waals surface area contributed by atoms with Crippen molar-refractivity contribution >= 4 is 5.91 Å². The quantitative estimate of drug-likeness (QED) is 0.717. The van der Waals surface area contributed by atoms with Gasteiger partial charge in [0.15, 0.2) is 0 Å². The third-order valence-electron chi connectivity index (χ3n) is 2.68. The van der Waals surface area contributed by atoms with Crippen molar-refractivity contribution in [2.24, 2.45) is 0 Å². The molecule has 0 aliphatic heterocycles. The van der Waals surface area contributed by atoms with Crippen LogP contribution < -0.4 is 0 Å². The van der Waals surface area contributed by atoms with Crippen LogP contribution in [-0.4, -0.2) is 50.1 Å². The lowest BCUT2D eigenvalue weighted by molar-refractivity contribution is -0.132. The third-order valence-corrected chi connectivity index (χ3v) is 2.68.